The molecule has 8 heteroatoms. The van der Waals surface area contributed by atoms with Crippen LogP contribution in [0.1, 0.15) is 16.7 Å². The first-order valence-electron chi connectivity index (χ1n) is 11.9. The minimum Gasteiger partial charge on any atom is -0.374 e. The van der Waals surface area contributed by atoms with Crippen molar-refractivity contribution in [2.24, 2.45) is 0 Å². The third kappa shape index (κ3) is 8.23. The van der Waals surface area contributed by atoms with E-state index < -0.39 is 34.5 Å². The third-order valence-corrected chi connectivity index (χ3v) is 6.39. The number of benzene rings is 3. The van der Waals surface area contributed by atoms with Crippen molar-refractivity contribution in [1.29, 1.82) is 0 Å². The molecule has 1 aliphatic heterocycles. The Morgan fingerprint density at radius 2 is 1.28 bits per heavy atom. The van der Waals surface area contributed by atoms with Crippen molar-refractivity contribution in [1.82, 2.24) is 0 Å². The lowest BCUT2D eigenvalue weighted by Gasteiger charge is -2.29. The Labute approximate surface area is 213 Å². The van der Waals surface area contributed by atoms with Gasteiger partial charge in [-0.2, -0.15) is 8.42 Å². The largest absolute Gasteiger partial charge is 0.374 e. The maximum Gasteiger partial charge on any atom is 0.264 e. The molecule has 0 N–H and O–H groups in total. The van der Waals surface area contributed by atoms with Crippen LogP contribution in [-0.2, 0) is 53.1 Å². The maximum absolute atomic E-state index is 12.1. The molecule has 0 aromatic heterocycles. The van der Waals surface area contributed by atoms with Gasteiger partial charge in [0.05, 0.1) is 39.3 Å². The molecular weight excluding hydrogens is 480 g/mol. The topological polar surface area (TPSA) is 80.3 Å². The molecule has 192 valence electrons. The van der Waals surface area contributed by atoms with Crippen LogP contribution < -0.4 is 0 Å². The van der Waals surface area contributed by atoms with E-state index >= 15 is 0 Å². The molecule has 1 fully saturated rings. The van der Waals surface area contributed by atoms with Gasteiger partial charge in [0.25, 0.3) is 10.1 Å². The Bertz CT molecular complexity index is 1140. The van der Waals surface area contributed by atoms with E-state index in [1.165, 1.54) is 0 Å². The van der Waals surface area contributed by atoms with Crippen LogP contribution >= 0.6 is 0 Å². The van der Waals surface area contributed by atoms with Gasteiger partial charge in [-0.3, -0.25) is 4.18 Å². The highest BCUT2D eigenvalue weighted by Gasteiger charge is 2.45. The average Bonchev–Trinajstić information content (AvgIpc) is 3.29. The molecular formula is C28H32O7S. The summed E-state index contributed by atoms with van der Waals surface area (Å²) in [5.41, 5.74) is 2.99. The average molecular weight is 513 g/mol. The molecule has 0 aliphatic carbocycles. The molecule has 0 spiro atoms. The van der Waals surface area contributed by atoms with Crippen LogP contribution in [-0.4, -0.2) is 52.3 Å². The lowest BCUT2D eigenvalue weighted by molar-refractivity contribution is -0.107. The number of rotatable bonds is 13. The summed E-state index contributed by atoms with van der Waals surface area (Å²) in [5.74, 6) is 0. The monoisotopic (exact) mass is 512 g/mol. The van der Waals surface area contributed by atoms with Crippen molar-refractivity contribution in [2.75, 3.05) is 19.5 Å². The van der Waals surface area contributed by atoms with Crippen LogP contribution in [0.5, 0.6) is 0 Å². The predicted molar refractivity (Wildman–Crippen MR) is 136 cm³/mol. The van der Waals surface area contributed by atoms with Crippen molar-refractivity contribution >= 4 is 10.1 Å². The summed E-state index contributed by atoms with van der Waals surface area (Å²) in [6.45, 7) is 1.30. The van der Waals surface area contributed by atoms with Gasteiger partial charge in [-0.05, 0) is 16.7 Å². The SMILES string of the molecule is CS(=O)(=O)O[C@H](COCc1ccccc1)[C@@H]1OC[C@H](OCc2ccccc2)[C@H]1OCc1ccccc1. The summed E-state index contributed by atoms with van der Waals surface area (Å²) in [4.78, 5) is 0. The van der Waals surface area contributed by atoms with E-state index in [0.717, 1.165) is 22.9 Å². The van der Waals surface area contributed by atoms with E-state index in [-0.39, 0.29) is 13.2 Å². The Kier molecular flexibility index (Phi) is 9.63. The first-order chi connectivity index (χ1) is 17.5. The molecule has 3 aromatic carbocycles. The van der Waals surface area contributed by atoms with Gasteiger partial charge in [0.1, 0.15) is 24.4 Å². The summed E-state index contributed by atoms with van der Waals surface area (Å²) in [6.07, 6.45) is -1.52. The molecule has 1 heterocycles. The van der Waals surface area contributed by atoms with Crippen LogP contribution in [0.2, 0.25) is 0 Å². The zero-order valence-corrected chi connectivity index (χ0v) is 21.1. The van der Waals surface area contributed by atoms with E-state index in [1.807, 2.05) is 91.0 Å². The first-order valence-corrected chi connectivity index (χ1v) is 13.7. The van der Waals surface area contributed by atoms with Crippen molar-refractivity contribution in [3.8, 4) is 0 Å². The predicted octanol–water partition coefficient (Wildman–Crippen LogP) is 4.12. The van der Waals surface area contributed by atoms with E-state index in [2.05, 4.69) is 0 Å². The molecule has 0 saturated carbocycles. The summed E-state index contributed by atoms with van der Waals surface area (Å²) in [5, 5.41) is 0. The molecule has 0 bridgehead atoms. The zero-order valence-electron chi connectivity index (χ0n) is 20.3. The van der Waals surface area contributed by atoms with Gasteiger partial charge in [-0.1, -0.05) is 91.0 Å². The van der Waals surface area contributed by atoms with E-state index in [9.17, 15) is 8.42 Å². The second-order valence-electron chi connectivity index (χ2n) is 8.73. The van der Waals surface area contributed by atoms with Crippen LogP contribution in [0.3, 0.4) is 0 Å². The van der Waals surface area contributed by atoms with E-state index in [1.54, 1.807) is 0 Å². The highest BCUT2D eigenvalue weighted by atomic mass is 32.2. The highest BCUT2D eigenvalue weighted by molar-refractivity contribution is 7.86. The maximum atomic E-state index is 12.1. The Morgan fingerprint density at radius 3 is 1.81 bits per heavy atom. The zero-order chi connectivity index (χ0) is 25.2. The van der Waals surface area contributed by atoms with Gasteiger partial charge >= 0.3 is 0 Å². The molecule has 7 nitrogen and oxygen atoms in total. The fraction of sp³-hybridized carbons (Fsp3) is 0.357. The van der Waals surface area contributed by atoms with E-state index in [0.29, 0.717) is 19.8 Å². The second-order valence-corrected chi connectivity index (χ2v) is 10.3. The van der Waals surface area contributed by atoms with Crippen molar-refractivity contribution in [3.63, 3.8) is 0 Å². The summed E-state index contributed by atoms with van der Waals surface area (Å²) in [6, 6.07) is 29.3. The standard InChI is InChI=1S/C28H32O7S/c1-36(29,30)35-26(20-31-17-22-11-5-2-6-12-22)28-27(33-19-24-15-9-4-10-16-24)25(21-34-28)32-18-23-13-7-3-8-14-23/h2-16,25-28H,17-21H2,1H3/t25-,26+,27+,28-/m0/s1. The lowest BCUT2D eigenvalue weighted by atomic mass is 10.1. The minimum absolute atomic E-state index is 0.0171. The number of ether oxygens (including phenoxy) is 4. The van der Waals surface area contributed by atoms with Crippen LogP contribution in [0.15, 0.2) is 91.0 Å². The Morgan fingerprint density at radius 1 is 0.778 bits per heavy atom. The van der Waals surface area contributed by atoms with Crippen molar-refractivity contribution in [3.05, 3.63) is 108 Å². The van der Waals surface area contributed by atoms with Gasteiger partial charge in [-0.25, -0.2) is 0 Å². The molecule has 4 atom stereocenters. The molecule has 0 unspecified atom stereocenters. The quantitative estimate of drug-likeness (QED) is 0.319. The molecule has 4 rings (SSSR count). The van der Waals surface area contributed by atoms with Gasteiger partial charge < -0.3 is 18.9 Å². The number of hydrogen-bond donors (Lipinski definition) is 0. The summed E-state index contributed by atoms with van der Waals surface area (Å²) < 4.78 is 54.0. The normalized spacial score (nSPS) is 20.9. The highest BCUT2D eigenvalue weighted by Crippen LogP contribution is 2.28. The third-order valence-electron chi connectivity index (χ3n) is 5.79. The van der Waals surface area contributed by atoms with Crippen molar-refractivity contribution < 1.29 is 31.5 Å². The Hall–Kier alpha value is -2.59. The lowest BCUT2D eigenvalue weighted by Crippen LogP contribution is -2.45. The second kappa shape index (κ2) is 13.1. The summed E-state index contributed by atoms with van der Waals surface area (Å²) in [7, 11) is -3.78. The Balaban J connectivity index is 1.47. The molecule has 1 aliphatic rings. The van der Waals surface area contributed by atoms with Gasteiger partial charge in [0, 0.05) is 0 Å². The van der Waals surface area contributed by atoms with Gasteiger partial charge in [-0.15, -0.1) is 0 Å². The molecule has 0 amide bonds. The first kappa shape index (κ1) is 26.5. The fourth-order valence-corrected chi connectivity index (χ4v) is 4.70. The number of hydrogen-bond acceptors (Lipinski definition) is 7. The molecule has 1 saturated heterocycles. The summed E-state index contributed by atoms with van der Waals surface area (Å²) >= 11 is 0. The van der Waals surface area contributed by atoms with Gasteiger partial charge in [0.15, 0.2) is 0 Å². The minimum atomic E-state index is -3.78. The van der Waals surface area contributed by atoms with Crippen LogP contribution in [0.4, 0.5) is 0 Å². The van der Waals surface area contributed by atoms with Crippen molar-refractivity contribution in [2.45, 2.75) is 44.2 Å². The van der Waals surface area contributed by atoms with Crippen LogP contribution in [0.25, 0.3) is 0 Å². The fourth-order valence-electron chi connectivity index (χ4n) is 4.08. The van der Waals surface area contributed by atoms with Gasteiger partial charge in [0.2, 0.25) is 0 Å². The van der Waals surface area contributed by atoms with Crippen LogP contribution in [0, 0.1) is 0 Å². The molecule has 3 aromatic rings. The van der Waals surface area contributed by atoms with E-state index in [4.69, 9.17) is 23.1 Å². The molecule has 36 heavy (non-hydrogen) atoms. The smallest absolute Gasteiger partial charge is 0.264 e. The molecule has 0 radical (unpaired) electrons.